The zero-order chi connectivity index (χ0) is 13.8. The molecule has 1 aromatic carbocycles. The van der Waals surface area contributed by atoms with Gasteiger partial charge in [0.1, 0.15) is 11.4 Å². The Kier molecular flexibility index (Phi) is 4.67. The molecule has 1 rings (SSSR count). The number of nitrogens with one attached hydrogen (secondary N) is 2. The Balaban J connectivity index is 2.68. The van der Waals surface area contributed by atoms with Gasteiger partial charge < -0.3 is 4.74 Å². The Morgan fingerprint density at radius 2 is 2.11 bits per heavy atom. The average Bonchev–Trinajstić information content (AvgIpc) is 2.28. The Labute approximate surface area is 106 Å². The third-order valence-electron chi connectivity index (χ3n) is 2.57. The van der Waals surface area contributed by atoms with E-state index in [0.29, 0.717) is 12.2 Å². The van der Waals surface area contributed by atoms with E-state index >= 15 is 0 Å². The summed E-state index contributed by atoms with van der Waals surface area (Å²) >= 11 is 0. The number of hydrogen-bond donors (Lipinski definition) is 2. The maximum atomic E-state index is 13.5. The predicted molar refractivity (Wildman–Crippen MR) is 68.6 cm³/mol. The fraction of sp³-hybridized carbons (Fsp3) is 0.462. The van der Waals surface area contributed by atoms with E-state index in [1.807, 2.05) is 6.92 Å². The van der Waals surface area contributed by atoms with Gasteiger partial charge in [-0.25, -0.2) is 4.39 Å². The molecule has 0 fully saturated rings. The van der Waals surface area contributed by atoms with Crippen LogP contribution in [0.25, 0.3) is 0 Å². The Bertz CT molecular complexity index is 413. The van der Waals surface area contributed by atoms with Crippen LogP contribution < -0.4 is 10.9 Å². The van der Waals surface area contributed by atoms with Gasteiger partial charge >= 0.3 is 0 Å². The van der Waals surface area contributed by atoms with Crippen molar-refractivity contribution in [3.63, 3.8) is 0 Å². The molecule has 5 heteroatoms. The van der Waals surface area contributed by atoms with Crippen LogP contribution in [0.1, 0.15) is 26.3 Å². The zero-order valence-electron chi connectivity index (χ0n) is 11.1. The molecule has 0 aliphatic heterocycles. The van der Waals surface area contributed by atoms with Crippen LogP contribution >= 0.6 is 0 Å². The van der Waals surface area contributed by atoms with Crippen molar-refractivity contribution in [2.24, 2.45) is 0 Å². The minimum atomic E-state index is -0.957. The summed E-state index contributed by atoms with van der Waals surface area (Å²) < 4.78 is 18.8. The lowest BCUT2D eigenvalue weighted by atomic mass is 10.1. The lowest BCUT2D eigenvalue weighted by Crippen LogP contribution is -2.46. The van der Waals surface area contributed by atoms with Crippen molar-refractivity contribution in [3.05, 3.63) is 29.6 Å². The lowest BCUT2D eigenvalue weighted by Gasteiger charge is -2.24. The molecule has 0 aromatic heterocycles. The number of benzene rings is 1. The Morgan fingerprint density at radius 3 is 2.67 bits per heavy atom. The molecule has 1 aromatic rings. The van der Waals surface area contributed by atoms with Crippen molar-refractivity contribution >= 4 is 11.6 Å². The molecule has 0 saturated heterocycles. The highest BCUT2D eigenvalue weighted by atomic mass is 19.1. The van der Waals surface area contributed by atoms with Crippen molar-refractivity contribution in [3.8, 4) is 0 Å². The van der Waals surface area contributed by atoms with E-state index in [-0.39, 0.29) is 11.6 Å². The second-order valence-electron chi connectivity index (χ2n) is 4.45. The van der Waals surface area contributed by atoms with E-state index in [1.54, 1.807) is 32.9 Å². The number of carbonyl (C=O) groups is 1. The summed E-state index contributed by atoms with van der Waals surface area (Å²) in [5.74, 6) is -0.767. The number of amides is 1. The molecule has 100 valence electrons. The van der Waals surface area contributed by atoms with Gasteiger partial charge in [0.25, 0.3) is 5.91 Å². The minimum absolute atomic E-state index is 0.262. The zero-order valence-corrected chi connectivity index (χ0v) is 11.1. The van der Waals surface area contributed by atoms with Crippen LogP contribution in [0.3, 0.4) is 0 Å². The molecule has 18 heavy (non-hydrogen) atoms. The minimum Gasteiger partial charge on any atom is -0.366 e. The molecule has 2 N–H and O–H groups in total. The molecule has 0 unspecified atom stereocenters. The van der Waals surface area contributed by atoms with Crippen LogP contribution in [0, 0.1) is 12.7 Å². The van der Waals surface area contributed by atoms with E-state index in [1.165, 1.54) is 6.07 Å². The number of anilines is 1. The monoisotopic (exact) mass is 254 g/mol. The van der Waals surface area contributed by atoms with Crippen molar-refractivity contribution in [1.29, 1.82) is 0 Å². The summed E-state index contributed by atoms with van der Waals surface area (Å²) in [7, 11) is 0. The number of hydrazine groups is 1. The van der Waals surface area contributed by atoms with Gasteiger partial charge in [-0.2, -0.15) is 0 Å². The first kappa shape index (κ1) is 14.4. The van der Waals surface area contributed by atoms with Gasteiger partial charge in [-0.1, -0.05) is 12.1 Å². The summed E-state index contributed by atoms with van der Waals surface area (Å²) in [6, 6.07) is 4.70. The molecule has 0 bridgehead atoms. The topological polar surface area (TPSA) is 50.4 Å². The van der Waals surface area contributed by atoms with E-state index in [4.69, 9.17) is 4.74 Å². The largest absolute Gasteiger partial charge is 0.366 e. The van der Waals surface area contributed by atoms with Gasteiger partial charge in [0, 0.05) is 6.61 Å². The molecule has 1 amide bonds. The van der Waals surface area contributed by atoms with Crippen LogP contribution in [0.4, 0.5) is 10.1 Å². The third-order valence-corrected chi connectivity index (χ3v) is 2.57. The lowest BCUT2D eigenvalue weighted by molar-refractivity contribution is -0.141. The fourth-order valence-corrected chi connectivity index (χ4v) is 1.49. The van der Waals surface area contributed by atoms with E-state index in [2.05, 4.69) is 10.9 Å². The van der Waals surface area contributed by atoms with Crippen LogP contribution in [0.2, 0.25) is 0 Å². The van der Waals surface area contributed by atoms with Crippen molar-refractivity contribution < 1.29 is 13.9 Å². The first-order valence-electron chi connectivity index (χ1n) is 5.84. The molecule has 0 heterocycles. The molecular formula is C13H19FN2O2. The highest BCUT2D eigenvalue weighted by Crippen LogP contribution is 2.18. The average molecular weight is 254 g/mol. The summed E-state index contributed by atoms with van der Waals surface area (Å²) in [6.45, 7) is 7.30. The molecule has 0 aliphatic rings. The Hall–Kier alpha value is -1.62. The van der Waals surface area contributed by atoms with Gasteiger partial charge in [-0.15, -0.1) is 0 Å². The number of aryl methyl sites for hydroxylation is 1. The van der Waals surface area contributed by atoms with Crippen molar-refractivity contribution in [1.82, 2.24) is 5.43 Å². The van der Waals surface area contributed by atoms with Crippen molar-refractivity contribution in [2.45, 2.75) is 33.3 Å². The molecular weight excluding hydrogens is 235 g/mol. The van der Waals surface area contributed by atoms with Gasteiger partial charge in [-0.3, -0.25) is 15.6 Å². The predicted octanol–water partition coefficient (Wildman–Crippen LogP) is 2.39. The first-order valence-corrected chi connectivity index (χ1v) is 5.84. The molecule has 0 radical (unpaired) electrons. The standard InChI is InChI=1S/C13H19FN2O2/c1-5-18-13(3,4)12(17)16-15-11-9(2)7-6-8-10(11)14/h6-8,15H,5H2,1-4H3,(H,16,17). The van der Waals surface area contributed by atoms with Crippen LogP contribution in [0.5, 0.6) is 0 Å². The van der Waals surface area contributed by atoms with Gasteiger partial charge in [-0.05, 0) is 39.3 Å². The highest BCUT2D eigenvalue weighted by Gasteiger charge is 2.28. The van der Waals surface area contributed by atoms with Crippen LogP contribution in [0.15, 0.2) is 18.2 Å². The first-order chi connectivity index (χ1) is 8.38. The fourth-order valence-electron chi connectivity index (χ4n) is 1.49. The second-order valence-corrected chi connectivity index (χ2v) is 4.45. The number of para-hydroxylation sites is 1. The number of ether oxygens (including phenoxy) is 1. The van der Waals surface area contributed by atoms with Crippen LogP contribution in [-0.2, 0) is 9.53 Å². The van der Waals surface area contributed by atoms with E-state index in [9.17, 15) is 9.18 Å². The summed E-state index contributed by atoms with van der Waals surface area (Å²) in [4.78, 5) is 11.8. The SMILES string of the molecule is CCOC(C)(C)C(=O)NNc1c(C)cccc1F. The normalized spacial score (nSPS) is 11.2. The quantitative estimate of drug-likeness (QED) is 0.793. The van der Waals surface area contributed by atoms with Gasteiger partial charge in [0.2, 0.25) is 0 Å². The summed E-state index contributed by atoms with van der Waals surface area (Å²) in [5.41, 5.74) is 5.06. The third kappa shape index (κ3) is 3.43. The molecule has 0 atom stereocenters. The van der Waals surface area contributed by atoms with Crippen LogP contribution in [-0.4, -0.2) is 18.1 Å². The smallest absolute Gasteiger partial charge is 0.269 e. The molecule has 0 saturated carbocycles. The number of carbonyl (C=O) groups excluding carboxylic acids is 1. The molecule has 0 spiro atoms. The summed E-state index contributed by atoms with van der Waals surface area (Å²) in [5, 5.41) is 0. The number of hydrogen-bond acceptors (Lipinski definition) is 3. The maximum Gasteiger partial charge on any atom is 0.269 e. The van der Waals surface area contributed by atoms with E-state index in [0.717, 1.165) is 0 Å². The summed E-state index contributed by atoms with van der Waals surface area (Å²) in [6.07, 6.45) is 0. The number of rotatable bonds is 5. The molecule has 4 nitrogen and oxygen atoms in total. The van der Waals surface area contributed by atoms with E-state index < -0.39 is 11.4 Å². The van der Waals surface area contributed by atoms with Crippen molar-refractivity contribution in [2.75, 3.05) is 12.0 Å². The Morgan fingerprint density at radius 1 is 1.44 bits per heavy atom. The molecule has 0 aliphatic carbocycles. The van der Waals surface area contributed by atoms with Gasteiger partial charge in [0.15, 0.2) is 0 Å². The maximum absolute atomic E-state index is 13.5. The highest BCUT2D eigenvalue weighted by molar-refractivity contribution is 5.85. The number of halogens is 1. The van der Waals surface area contributed by atoms with Gasteiger partial charge in [0.05, 0.1) is 5.69 Å². The second kappa shape index (κ2) is 5.82.